The fourth-order valence-electron chi connectivity index (χ4n) is 0.987. The summed E-state index contributed by atoms with van der Waals surface area (Å²) >= 11 is 5.76. The van der Waals surface area contributed by atoms with E-state index in [9.17, 15) is 10.1 Å². The summed E-state index contributed by atoms with van der Waals surface area (Å²) < 4.78 is 9.65. The molecule has 1 rings (SSSR count). The maximum absolute atomic E-state index is 10.6. The monoisotopic (exact) mass is 277 g/mol. The zero-order valence-corrected chi connectivity index (χ0v) is 12.4. The number of nitro benzene ring substituents is 1. The summed E-state index contributed by atoms with van der Waals surface area (Å²) in [7, 11) is 2.72. The topological polar surface area (TPSA) is 61.6 Å². The van der Waals surface area contributed by atoms with E-state index >= 15 is 0 Å². The van der Waals surface area contributed by atoms with Crippen molar-refractivity contribution in [1.29, 1.82) is 0 Å². The normalized spacial score (nSPS) is 8.17. The van der Waals surface area contributed by atoms with E-state index in [-0.39, 0.29) is 22.2 Å². The Balaban J connectivity index is 0. The summed E-state index contributed by atoms with van der Waals surface area (Å²) in [5.74, 6) is 0.361. The van der Waals surface area contributed by atoms with Crippen molar-refractivity contribution in [1.82, 2.24) is 0 Å². The highest BCUT2D eigenvalue weighted by atomic mass is 35.5. The molecule has 6 heteroatoms. The van der Waals surface area contributed by atoms with Crippen LogP contribution in [0.3, 0.4) is 0 Å². The quantitative estimate of drug-likeness (QED) is 0.610. The Morgan fingerprint density at radius 1 is 1.06 bits per heavy atom. The van der Waals surface area contributed by atoms with E-state index in [0.717, 1.165) is 0 Å². The van der Waals surface area contributed by atoms with E-state index in [4.69, 9.17) is 21.1 Å². The second kappa shape index (κ2) is 10.7. The molecule has 0 bridgehead atoms. The van der Waals surface area contributed by atoms with Gasteiger partial charge in [-0.25, -0.2) is 0 Å². The molecule has 0 saturated heterocycles. The Morgan fingerprint density at radius 3 is 1.83 bits per heavy atom. The number of benzene rings is 1. The molecule has 0 amide bonds. The number of nitrogens with zero attached hydrogens (tertiary/aromatic N) is 1. The van der Waals surface area contributed by atoms with Crippen molar-refractivity contribution in [2.45, 2.75) is 27.7 Å². The molecule has 18 heavy (non-hydrogen) atoms. The summed E-state index contributed by atoms with van der Waals surface area (Å²) in [6.45, 7) is 8.00. The SMILES string of the molecule is CC.CC.COc1cc([N+](=O)[O-])c(OC)cc1Cl. The molecule has 0 N–H and O–H groups in total. The summed E-state index contributed by atoms with van der Waals surface area (Å²) in [6.07, 6.45) is 0. The fourth-order valence-corrected chi connectivity index (χ4v) is 1.22. The molecule has 0 aromatic heterocycles. The maximum atomic E-state index is 10.6. The van der Waals surface area contributed by atoms with Crippen molar-refractivity contribution in [2.75, 3.05) is 14.2 Å². The lowest BCUT2D eigenvalue weighted by Crippen LogP contribution is -1.95. The van der Waals surface area contributed by atoms with Crippen LogP contribution in [0.2, 0.25) is 5.02 Å². The smallest absolute Gasteiger partial charge is 0.314 e. The molecule has 1 aromatic carbocycles. The number of hydrogen-bond acceptors (Lipinski definition) is 4. The van der Waals surface area contributed by atoms with E-state index in [2.05, 4.69) is 0 Å². The lowest BCUT2D eigenvalue weighted by molar-refractivity contribution is -0.385. The van der Waals surface area contributed by atoms with Crippen molar-refractivity contribution < 1.29 is 14.4 Å². The average Bonchev–Trinajstić information content (AvgIpc) is 2.42. The summed E-state index contributed by atoms with van der Waals surface area (Å²) in [5.41, 5.74) is -0.172. The van der Waals surface area contributed by atoms with Gasteiger partial charge in [0, 0.05) is 6.07 Å². The molecule has 0 unspecified atom stereocenters. The number of methoxy groups -OCH3 is 2. The molecule has 0 saturated carbocycles. The zero-order valence-electron chi connectivity index (χ0n) is 11.6. The Morgan fingerprint density at radius 2 is 1.50 bits per heavy atom. The van der Waals surface area contributed by atoms with Crippen molar-refractivity contribution in [3.05, 3.63) is 27.3 Å². The van der Waals surface area contributed by atoms with Crippen molar-refractivity contribution in [2.24, 2.45) is 0 Å². The summed E-state index contributed by atoms with van der Waals surface area (Å²) in [5, 5.41) is 10.9. The first-order chi connectivity index (χ1) is 8.60. The van der Waals surface area contributed by atoms with Crippen molar-refractivity contribution in [3.63, 3.8) is 0 Å². The van der Waals surface area contributed by atoms with Gasteiger partial charge >= 0.3 is 5.69 Å². The van der Waals surface area contributed by atoms with Crippen LogP contribution in [0.4, 0.5) is 5.69 Å². The fraction of sp³-hybridized carbons (Fsp3) is 0.500. The highest BCUT2D eigenvalue weighted by molar-refractivity contribution is 6.32. The van der Waals surface area contributed by atoms with Gasteiger partial charge in [-0.3, -0.25) is 10.1 Å². The molecule has 1 aromatic rings. The van der Waals surface area contributed by atoms with Crippen LogP contribution in [-0.2, 0) is 0 Å². The van der Waals surface area contributed by atoms with E-state index < -0.39 is 4.92 Å². The van der Waals surface area contributed by atoms with Crippen LogP contribution in [0.15, 0.2) is 12.1 Å². The summed E-state index contributed by atoms with van der Waals surface area (Å²) in [6, 6.07) is 2.57. The molecule has 0 aliphatic carbocycles. The minimum Gasteiger partial charge on any atom is -0.495 e. The minimum absolute atomic E-state index is 0.112. The van der Waals surface area contributed by atoms with E-state index in [0.29, 0.717) is 0 Å². The van der Waals surface area contributed by atoms with Gasteiger partial charge in [0.25, 0.3) is 0 Å². The molecular weight excluding hydrogens is 258 g/mol. The molecule has 0 spiro atoms. The second-order valence-electron chi connectivity index (χ2n) is 2.42. The molecule has 0 aliphatic heterocycles. The zero-order chi connectivity index (χ0) is 14.7. The van der Waals surface area contributed by atoms with Crippen LogP contribution in [0.1, 0.15) is 27.7 Å². The van der Waals surface area contributed by atoms with E-state index in [1.165, 1.54) is 26.4 Å². The van der Waals surface area contributed by atoms with Crippen LogP contribution in [0.25, 0.3) is 0 Å². The van der Waals surface area contributed by atoms with Crippen LogP contribution < -0.4 is 9.47 Å². The third-order valence-electron chi connectivity index (χ3n) is 1.65. The lowest BCUT2D eigenvalue weighted by atomic mass is 10.3. The first-order valence-corrected chi connectivity index (χ1v) is 6.04. The van der Waals surface area contributed by atoms with Gasteiger partial charge in [0.05, 0.1) is 30.2 Å². The Bertz CT molecular complexity index is 369. The number of ether oxygens (including phenoxy) is 2. The standard InChI is InChI=1S/C8H8ClNO4.2C2H6/c1-13-7-4-6(10(11)12)8(14-2)3-5(7)9;2*1-2/h3-4H,1-2H3;2*1-2H3. The van der Waals surface area contributed by atoms with Crippen LogP contribution in [-0.4, -0.2) is 19.1 Å². The van der Waals surface area contributed by atoms with Gasteiger partial charge in [0.15, 0.2) is 5.75 Å². The van der Waals surface area contributed by atoms with Gasteiger partial charge in [-0.05, 0) is 0 Å². The highest BCUT2D eigenvalue weighted by Crippen LogP contribution is 2.36. The van der Waals surface area contributed by atoms with Gasteiger partial charge in [0.2, 0.25) is 0 Å². The van der Waals surface area contributed by atoms with Crippen LogP contribution in [0, 0.1) is 10.1 Å². The molecule has 0 fully saturated rings. The Hall–Kier alpha value is -1.49. The highest BCUT2D eigenvalue weighted by Gasteiger charge is 2.18. The molecule has 0 heterocycles. The number of nitro groups is 1. The Kier molecular flexibility index (Phi) is 11.2. The maximum Gasteiger partial charge on any atom is 0.314 e. The first kappa shape index (κ1) is 18.9. The summed E-state index contributed by atoms with van der Waals surface area (Å²) in [4.78, 5) is 10.0. The van der Waals surface area contributed by atoms with Gasteiger partial charge in [-0.1, -0.05) is 39.3 Å². The van der Waals surface area contributed by atoms with Crippen molar-refractivity contribution >= 4 is 17.3 Å². The molecule has 0 atom stereocenters. The number of halogens is 1. The van der Waals surface area contributed by atoms with Crippen molar-refractivity contribution in [3.8, 4) is 11.5 Å². The van der Waals surface area contributed by atoms with Gasteiger partial charge in [0.1, 0.15) is 5.75 Å². The molecule has 0 radical (unpaired) electrons. The third kappa shape index (κ3) is 5.23. The number of hydrogen-bond donors (Lipinski definition) is 0. The van der Waals surface area contributed by atoms with Gasteiger partial charge in [-0.15, -0.1) is 0 Å². The predicted molar refractivity (Wildman–Crippen MR) is 73.9 cm³/mol. The molecular formula is C12H20ClNO4. The molecule has 5 nitrogen and oxygen atoms in total. The third-order valence-corrected chi connectivity index (χ3v) is 1.95. The molecule has 0 aliphatic rings. The second-order valence-corrected chi connectivity index (χ2v) is 2.82. The minimum atomic E-state index is -0.558. The van der Waals surface area contributed by atoms with Gasteiger partial charge in [-0.2, -0.15) is 0 Å². The van der Waals surface area contributed by atoms with Crippen LogP contribution >= 0.6 is 11.6 Å². The number of rotatable bonds is 3. The largest absolute Gasteiger partial charge is 0.495 e. The molecule has 104 valence electrons. The predicted octanol–water partition coefficient (Wildman–Crippen LogP) is 4.32. The van der Waals surface area contributed by atoms with Gasteiger partial charge < -0.3 is 9.47 Å². The van der Waals surface area contributed by atoms with Crippen LogP contribution in [0.5, 0.6) is 11.5 Å². The van der Waals surface area contributed by atoms with E-state index in [1.54, 1.807) is 0 Å². The Labute approximate surface area is 113 Å². The first-order valence-electron chi connectivity index (χ1n) is 5.66. The average molecular weight is 278 g/mol. The lowest BCUT2D eigenvalue weighted by Gasteiger charge is -2.05. The van der Waals surface area contributed by atoms with E-state index in [1.807, 2.05) is 27.7 Å².